The first kappa shape index (κ1) is 19.8. The molecular weight excluding hydrogens is 388 g/mol. The molecule has 0 bridgehead atoms. The predicted octanol–water partition coefficient (Wildman–Crippen LogP) is 0.0812. The van der Waals surface area contributed by atoms with Gasteiger partial charge in [-0.25, -0.2) is 13.2 Å². The van der Waals surface area contributed by atoms with Gasteiger partial charge < -0.3 is 15.0 Å². The van der Waals surface area contributed by atoms with Gasteiger partial charge in [0.05, 0.1) is 17.4 Å². The number of ether oxygens (including phenoxy) is 1. The first-order valence-corrected chi connectivity index (χ1v) is 10.1. The Morgan fingerprint density at radius 1 is 1.25 bits per heavy atom. The number of nitrogens with one attached hydrogen (secondary N) is 4. The maximum absolute atomic E-state index is 12.7. The number of aromatic nitrogens is 2. The molecule has 1 aromatic heterocycles. The third kappa shape index (κ3) is 4.31. The minimum Gasteiger partial charge on any atom is -0.376 e. The number of hydrogen-bond acceptors (Lipinski definition) is 6. The Morgan fingerprint density at radius 3 is 2.68 bits per heavy atom. The van der Waals surface area contributed by atoms with E-state index in [1.165, 1.54) is 19.1 Å². The fourth-order valence-electron chi connectivity index (χ4n) is 2.99. The molecule has 4 N–H and O–H groups in total. The largest absolute Gasteiger partial charge is 0.376 e. The molecule has 1 unspecified atom stereocenters. The summed E-state index contributed by atoms with van der Waals surface area (Å²) in [4.78, 5) is 39.3. The van der Waals surface area contributed by atoms with Gasteiger partial charge in [0, 0.05) is 18.8 Å². The van der Waals surface area contributed by atoms with Crippen LogP contribution < -0.4 is 21.3 Å². The van der Waals surface area contributed by atoms with Crippen LogP contribution in [0, 0.1) is 6.92 Å². The van der Waals surface area contributed by atoms with Crippen molar-refractivity contribution in [1.82, 2.24) is 15.3 Å². The zero-order valence-corrected chi connectivity index (χ0v) is 15.9. The minimum atomic E-state index is -4.35. The Labute approximate surface area is 160 Å². The lowest BCUT2D eigenvalue weighted by molar-refractivity contribution is 0.0858. The van der Waals surface area contributed by atoms with Crippen LogP contribution in [0.15, 0.2) is 38.8 Å². The average molecular weight is 408 g/mol. The van der Waals surface area contributed by atoms with Gasteiger partial charge in [-0.2, -0.15) is 0 Å². The normalized spacial score (nSPS) is 16.7. The van der Waals surface area contributed by atoms with E-state index in [1.807, 2.05) is 4.98 Å². The number of anilines is 1. The van der Waals surface area contributed by atoms with Gasteiger partial charge in [-0.1, -0.05) is 12.1 Å². The van der Waals surface area contributed by atoms with E-state index in [4.69, 9.17) is 4.74 Å². The number of benzene rings is 1. The minimum absolute atomic E-state index is 0.0114. The number of para-hydroxylation sites is 1. The van der Waals surface area contributed by atoms with Crippen LogP contribution in [0.1, 0.15) is 28.9 Å². The van der Waals surface area contributed by atoms with Crippen LogP contribution in [-0.2, 0) is 14.8 Å². The van der Waals surface area contributed by atoms with E-state index in [0.29, 0.717) is 13.2 Å². The molecular formula is C17H20N4O6S. The van der Waals surface area contributed by atoms with Crippen molar-refractivity contribution in [2.75, 3.05) is 17.9 Å². The molecule has 1 fully saturated rings. The summed E-state index contributed by atoms with van der Waals surface area (Å²) in [5.41, 5.74) is -1.86. The number of carbonyl (C=O) groups excluding carboxylic acids is 1. The van der Waals surface area contributed by atoms with E-state index in [0.717, 1.165) is 12.8 Å². The zero-order chi connectivity index (χ0) is 20.3. The Kier molecular flexibility index (Phi) is 5.66. The lowest BCUT2D eigenvalue weighted by atomic mass is 10.1. The molecule has 0 radical (unpaired) electrons. The molecule has 0 saturated carbocycles. The summed E-state index contributed by atoms with van der Waals surface area (Å²) in [7, 11) is -4.35. The highest BCUT2D eigenvalue weighted by Gasteiger charge is 2.25. The van der Waals surface area contributed by atoms with Crippen LogP contribution in [0.2, 0.25) is 0 Å². The van der Waals surface area contributed by atoms with Crippen LogP contribution in [0.4, 0.5) is 5.69 Å². The van der Waals surface area contributed by atoms with Gasteiger partial charge in [-0.15, -0.1) is 0 Å². The van der Waals surface area contributed by atoms with Gasteiger partial charge >= 0.3 is 5.69 Å². The third-order valence-electron chi connectivity index (χ3n) is 4.27. The molecule has 3 rings (SSSR count). The Hall–Kier alpha value is -2.92. The first-order valence-electron chi connectivity index (χ1n) is 8.63. The number of hydrogen-bond donors (Lipinski definition) is 4. The van der Waals surface area contributed by atoms with E-state index in [1.54, 1.807) is 12.1 Å². The molecule has 1 saturated heterocycles. The quantitative estimate of drug-likeness (QED) is 0.532. The Bertz CT molecular complexity index is 1100. The second-order valence-corrected chi connectivity index (χ2v) is 7.98. The molecule has 0 aliphatic carbocycles. The summed E-state index contributed by atoms with van der Waals surface area (Å²) < 4.78 is 33.1. The van der Waals surface area contributed by atoms with Crippen molar-refractivity contribution in [3.05, 3.63) is 56.4 Å². The van der Waals surface area contributed by atoms with Gasteiger partial charge in [0.25, 0.3) is 21.5 Å². The fourth-order valence-corrected chi connectivity index (χ4v) is 4.30. The SMILES string of the molecule is Cc1[nH]c(=O)[nH]c(=O)c1S(=O)(=O)Nc1ccccc1C(=O)NCC1CCCO1. The number of rotatable bonds is 6. The lowest BCUT2D eigenvalue weighted by Gasteiger charge is -2.14. The fraction of sp³-hybridized carbons (Fsp3) is 0.353. The van der Waals surface area contributed by atoms with E-state index in [9.17, 15) is 22.8 Å². The Balaban J connectivity index is 1.85. The van der Waals surface area contributed by atoms with Crippen molar-refractivity contribution < 1.29 is 17.9 Å². The van der Waals surface area contributed by atoms with E-state index in [-0.39, 0.29) is 23.0 Å². The molecule has 2 heterocycles. The highest BCUT2D eigenvalue weighted by atomic mass is 32.2. The summed E-state index contributed by atoms with van der Waals surface area (Å²) in [6.45, 7) is 2.27. The second-order valence-electron chi connectivity index (χ2n) is 6.36. The average Bonchev–Trinajstić information content (AvgIpc) is 3.12. The number of aryl methyl sites for hydroxylation is 1. The number of sulfonamides is 1. The van der Waals surface area contributed by atoms with Crippen LogP contribution >= 0.6 is 0 Å². The van der Waals surface area contributed by atoms with Crippen molar-refractivity contribution in [1.29, 1.82) is 0 Å². The topological polar surface area (TPSA) is 150 Å². The summed E-state index contributed by atoms with van der Waals surface area (Å²) in [6.07, 6.45) is 1.72. The van der Waals surface area contributed by atoms with Gasteiger partial charge in [-0.05, 0) is 31.9 Å². The van der Waals surface area contributed by atoms with Crippen molar-refractivity contribution in [3.8, 4) is 0 Å². The third-order valence-corrected chi connectivity index (χ3v) is 5.79. The molecule has 11 heteroatoms. The second kappa shape index (κ2) is 7.98. The summed E-state index contributed by atoms with van der Waals surface area (Å²) >= 11 is 0. The summed E-state index contributed by atoms with van der Waals surface area (Å²) in [5, 5.41) is 2.72. The molecule has 1 aliphatic rings. The molecule has 1 aliphatic heterocycles. The van der Waals surface area contributed by atoms with Crippen LogP contribution in [0.5, 0.6) is 0 Å². The molecule has 1 aromatic carbocycles. The zero-order valence-electron chi connectivity index (χ0n) is 15.1. The molecule has 10 nitrogen and oxygen atoms in total. The van der Waals surface area contributed by atoms with Crippen LogP contribution in [0.25, 0.3) is 0 Å². The summed E-state index contributed by atoms with van der Waals surface area (Å²) in [6, 6.07) is 6.02. The van der Waals surface area contributed by atoms with E-state index in [2.05, 4.69) is 15.0 Å². The van der Waals surface area contributed by atoms with E-state index >= 15 is 0 Å². The maximum Gasteiger partial charge on any atom is 0.325 e. The number of amides is 1. The molecule has 28 heavy (non-hydrogen) atoms. The lowest BCUT2D eigenvalue weighted by Crippen LogP contribution is -2.33. The van der Waals surface area contributed by atoms with Gasteiger partial charge in [0.15, 0.2) is 4.90 Å². The maximum atomic E-state index is 12.7. The predicted molar refractivity (Wildman–Crippen MR) is 101 cm³/mol. The van der Waals surface area contributed by atoms with Crippen molar-refractivity contribution in [2.45, 2.75) is 30.8 Å². The van der Waals surface area contributed by atoms with Crippen LogP contribution in [0.3, 0.4) is 0 Å². The van der Waals surface area contributed by atoms with Gasteiger partial charge in [0.2, 0.25) is 0 Å². The number of aromatic amines is 2. The molecule has 150 valence electrons. The summed E-state index contributed by atoms with van der Waals surface area (Å²) in [5.74, 6) is -0.471. The van der Waals surface area contributed by atoms with Gasteiger partial charge in [-0.3, -0.25) is 19.3 Å². The van der Waals surface area contributed by atoms with Gasteiger partial charge in [0.1, 0.15) is 0 Å². The highest BCUT2D eigenvalue weighted by Crippen LogP contribution is 2.20. The van der Waals surface area contributed by atoms with Crippen LogP contribution in [-0.4, -0.2) is 43.5 Å². The number of carbonyl (C=O) groups is 1. The van der Waals surface area contributed by atoms with Crippen molar-refractivity contribution in [2.24, 2.45) is 0 Å². The Morgan fingerprint density at radius 2 is 2.00 bits per heavy atom. The van der Waals surface area contributed by atoms with Crippen molar-refractivity contribution in [3.63, 3.8) is 0 Å². The smallest absolute Gasteiger partial charge is 0.325 e. The molecule has 2 aromatic rings. The number of H-pyrrole nitrogens is 2. The standard InChI is InChI=1S/C17H20N4O6S/c1-10-14(16(23)20-17(24)19-10)28(25,26)21-13-7-3-2-6-12(13)15(22)18-9-11-5-4-8-27-11/h2-3,6-7,11,21H,4-5,8-9H2,1H3,(H,18,22)(H2,19,20,23,24). The molecule has 1 atom stereocenters. The molecule has 1 amide bonds. The highest BCUT2D eigenvalue weighted by molar-refractivity contribution is 7.92. The first-order chi connectivity index (χ1) is 13.3. The van der Waals surface area contributed by atoms with Crippen molar-refractivity contribution >= 4 is 21.6 Å². The molecule has 0 spiro atoms. The van der Waals surface area contributed by atoms with E-state index < -0.39 is 32.1 Å². The monoisotopic (exact) mass is 408 g/mol.